The van der Waals surface area contributed by atoms with Crippen molar-refractivity contribution in [2.45, 2.75) is 39.4 Å². The fourth-order valence-corrected chi connectivity index (χ4v) is 3.98. The zero-order valence-electron chi connectivity index (χ0n) is 20.1. The lowest BCUT2D eigenvalue weighted by Gasteiger charge is -2.24. The molecule has 0 fully saturated rings. The van der Waals surface area contributed by atoms with Gasteiger partial charge in [-0.05, 0) is 18.6 Å². The number of carbonyl (C=O) groups is 1. The van der Waals surface area contributed by atoms with Crippen LogP contribution in [0.2, 0.25) is 0 Å². The molecule has 190 valence electrons. The molecule has 0 bridgehead atoms. The Balaban J connectivity index is 1.85. The number of hydrogen-bond acceptors (Lipinski definition) is 8. The SMILES string of the molecule is CCCCn1c(N)c(N(Cc2ccco2)C(=O)Cn2c(=O)c3c(ncn3C)n(C)c2=O)c(=O)[nH]c1=O. The summed E-state index contributed by atoms with van der Waals surface area (Å²) in [6, 6.07) is 3.19. The van der Waals surface area contributed by atoms with Crippen molar-refractivity contribution >= 4 is 28.6 Å². The van der Waals surface area contributed by atoms with Crippen LogP contribution in [0.15, 0.2) is 48.3 Å². The highest BCUT2D eigenvalue weighted by Gasteiger charge is 2.27. The van der Waals surface area contributed by atoms with Gasteiger partial charge in [-0.2, -0.15) is 0 Å². The maximum atomic E-state index is 13.6. The predicted molar refractivity (Wildman–Crippen MR) is 131 cm³/mol. The third kappa shape index (κ3) is 4.16. The van der Waals surface area contributed by atoms with E-state index < -0.39 is 34.9 Å². The number of anilines is 2. The summed E-state index contributed by atoms with van der Waals surface area (Å²) in [5.41, 5.74) is 3.20. The molecule has 0 aliphatic heterocycles. The van der Waals surface area contributed by atoms with Crippen LogP contribution in [0, 0.1) is 0 Å². The molecule has 0 aliphatic carbocycles. The average Bonchev–Trinajstić information content (AvgIpc) is 3.49. The van der Waals surface area contributed by atoms with Gasteiger partial charge in [-0.3, -0.25) is 33.4 Å². The number of H-pyrrole nitrogens is 1. The molecule has 14 heteroatoms. The van der Waals surface area contributed by atoms with Crippen LogP contribution in [0.4, 0.5) is 11.5 Å². The van der Waals surface area contributed by atoms with Gasteiger partial charge < -0.3 is 14.7 Å². The first-order valence-electron chi connectivity index (χ1n) is 11.2. The number of fused-ring (bicyclic) bond motifs is 1. The highest BCUT2D eigenvalue weighted by atomic mass is 16.3. The van der Waals surface area contributed by atoms with Gasteiger partial charge in [-0.15, -0.1) is 0 Å². The molecular formula is C22H26N8O6. The zero-order chi connectivity index (χ0) is 26.1. The van der Waals surface area contributed by atoms with E-state index in [1.54, 1.807) is 19.2 Å². The molecule has 0 radical (unpaired) electrons. The molecule has 0 aliphatic rings. The summed E-state index contributed by atoms with van der Waals surface area (Å²) in [4.78, 5) is 72.1. The summed E-state index contributed by atoms with van der Waals surface area (Å²) in [7, 11) is 3.03. The van der Waals surface area contributed by atoms with Crippen molar-refractivity contribution in [3.8, 4) is 0 Å². The maximum absolute atomic E-state index is 13.6. The summed E-state index contributed by atoms with van der Waals surface area (Å²) >= 11 is 0. The van der Waals surface area contributed by atoms with Crippen LogP contribution in [-0.4, -0.2) is 34.1 Å². The molecule has 0 spiro atoms. The largest absolute Gasteiger partial charge is 0.467 e. The lowest BCUT2D eigenvalue weighted by molar-refractivity contribution is -0.119. The van der Waals surface area contributed by atoms with E-state index in [-0.39, 0.29) is 35.8 Å². The van der Waals surface area contributed by atoms with Gasteiger partial charge in [0.05, 0.1) is 19.1 Å². The van der Waals surface area contributed by atoms with Gasteiger partial charge >= 0.3 is 11.4 Å². The minimum atomic E-state index is -0.882. The molecular weight excluding hydrogens is 472 g/mol. The second-order valence-electron chi connectivity index (χ2n) is 8.32. The van der Waals surface area contributed by atoms with Crippen molar-refractivity contribution in [2.24, 2.45) is 14.1 Å². The van der Waals surface area contributed by atoms with E-state index in [2.05, 4.69) is 9.97 Å². The van der Waals surface area contributed by atoms with Crippen LogP contribution in [0.1, 0.15) is 25.5 Å². The first-order chi connectivity index (χ1) is 17.1. The van der Waals surface area contributed by atoms with E-state index in [4.69, 9.17) is 10.2 Å². The minimum Gasteiger partial charge on any atom is -0.467 e. The highest BCUT2D eigenvalue weighted by Crippen LogP contribution is 2.20. The fraction of sp³-hybridized carbons (Fsp3) is 0.364. The van der Waals surface area contributed by atoms with E-state index in [0.29, 0.717) is 12.2 Å². The summed E-state index contributed by atoms with van der Waals surface area (Å²) in [5, 5.41) is 0. The van der Waals surface area contributed by atoms with Gasteiger partial charge in [-0.25, -0.2) is 19.1 Å². The van der Waals surface area contributed by atoms with Gasteiger partial charge in [0.2, 0.25) is 5.91 Å². The fourth-order valence-electron chi connectivity index (χ4n) is 3.98. The minimum absolute atomic E-state index is 0.132. The van der Waals surface area contributed by atoms with Gasteiger partial charge in [0.25, 0.3) is 11.1 Å². The number of nitrogens with two attached hydrogens (primary N) is 1. The van der Waals surface area contributed by atoms with Crippen molar-refractivity contribution in [2.75, 3.05) is 10.6 Å². The average molecular weight is 499 g/mol. The Kier molecular flexibility index (Phi) is 6.51. The number of imidazole rings is 1. The number of hydrogen-bond donors (Lipinski definition) is 2. The third-order valence-electron chi connectivity index (χ3n) is 5.91. The number of unbranched alkanes of at least 4 members (excludes halogenated alkanes) is 1. The van der Waals surface area contributed by atoms with Crippen LogP contribution in [0.25, 0.3) is 11.2 Å². The van der Waals surface area contributed by atoms with E-state index in [1.165, 1.54) is 28.8 Å². The monoisotopic (exact) mass is 498 g/mol. The summed E-state index contributed by atoms with van der Waals surface area (Å²) < 4.78 is 9.90. The molecule has 0 aromatic carbocycles. The van der Waals surface area contributed by atoms with Crippen LogP contribution < -0.4 is 33.1 Å². The molecule has 4 heterocycles. The Labute approximate surface area is 202 Å². The second kappa shape index (κ2) is 9.56. The Morgan fingerprint density at radius 2 is 1.94 bits per heavy atom. The van der Waals surface area contributed by atoms with Gasteiger partial charge in [0.1, 0.15) is 18.1 Å². The summed E-state index contributed by atoms with van der Waals surface area (Å²) in [5.74, 6) is -0.680. The number of amides is 1. The smallest absolute Gasteiger partial charge is 0.332 e. The number of nitrogens with one attached hydrogen (secondary N) is 1. The molecule has 0 atom stereocenters. The molecule has 0 saturated carbocycles. The van der Waals surface area contributed by atoms with Crippen LogP contribution in [0.5, 0.6) is 0 Å². The Morgan fingerprint density at radius 3 is 2.61 bits per heavy atom. The molecule has 0 unspecified atom stereocenters. The van der Waals surface area contributed by atoms with Crippen molar-refractivity contribution in [3.63, 3.8) is 0 Å². The predicted octanol–water partition coefficient (Wildman–Crippen LogP) is -0.508. The second-order valence-corrected chi connectivity index (χ2v) is 8.32. The summed E-state index contributed by atoms with van der Waals surface area (Å²) in [6.07, 6.45) is 4.15. The number of aromatic amines is 1. The Hall–Kier alpha value is -4.62. The maximum Gasteiger partial charge on any atom is 0.332 e. The van der Waals surface area contributed by atoms with Crippen molar-refractivity contribution < 1.29 is 9.21 Å². The lowest BCUT2D eigenvalue weighted by Crippen LogP contribution is -2.46. The van der Waals surface area contributed by atoms with E-state index in [0.717, 1.165) is 20.5 Å². The van der Waals surface area contributed by atoms with Gasteiger partial charge in [-0.1, -0.05) is 13.3 Å². The van der Waals surface area contributed by atoms with E-state index in [1.807, 2.05) is 6.92 Å². The first-order valence-corrected chi connectivity index (χ1v) is 11.2. The first kappa shape index (κ1) is 24.5. The number of carbonyl (C=O) groups excluding carboxylic acids is 1. The molecule has 0 saturated heterocycles. The number of aryl methyl sites for hydroxylation is 2. The third-order valence-corrected chi connectivity index (χ3v) is 5.91. The van der Waals surface area contributed by atoms with Crippen molar-refractivity contribution in [1.82, 2.24) is 28.2 Å². The highest BCUT2D eigenvalue weighted by molar-refractivity contribution is 5.95. The van der Waals surface area contributed by atoms with Crippen molar-refractivity contribution in [1.29, 1.82) is 0 Å². The molecule has 4 aromatic rings. The number of aromatic nitrogens is 6. The quantitative estimate of drug-likeness (QED) is 0.326. The van der Waals surface area contributed by atoms with Crippen molar-refractivity contribution in [3.05, 3.63) is 72.2 Å². The van der Waals surface area contributed by atoms with E-state index >= 15 is 0 Å². The zero-order valence-corrected chi connectivity index (χ0v) is 20.1. The van der Waals surface area contributed by atoms with Crippen LogP contribution in [-0.2, 0) is 38.5 Å². The number of rotatable bonds is 8. The van der Waals surface area contributed by atoms with E-state index in [9.17, 15) is 24.0 Å². The number of nitrogens with zero attached hydrogens (tertiary/aromatic N) is 6. The Morgan fingerprint density at radius 1 is 1.19 bits per heavy atom. The van der Waals surface area contributed by atoms with Crippen LogP contribution in [0.3, 0.4) is 0 Å². The van der Waals surface area contributed by atoms with Gasteiger partial charge in [0.15, 0.2) is 16.9 Å². The molecule has 36 heavy (non-hydrogen) atoms. The van der Waals surface area contributed by atoms with Gasteiger partial charge in [0, 0.05) is 20.6 Å². The lowest BCUT2D eigenvalue weighted by atomic mass is 10.3. The molecule has 3 N–H and O–H groups in total. The summed E-state index contributed by atoms with van der Waals surface area (Å²) in [6.45, 7) is 1.23. The normalized spacial score (nSPS) is 11.3. The number of nitrogen functional groups attached to an aromatic ring is 1. The topological polar surface area (TPSA) is 176 Å². The standard InChI is InChI=1S/C22H26N8O6/c1-4-5-8-28-17(23)15(19(32)25-21(28)34)29(10-13-7-6-9-36-13)14(31)11-30-20(33)16-18(24-12-26(16)2)27(3)22(30)35/h6-7,9,12H,4-5,8,10-11,23H2,1-3H3,(H,25,32,34). The molecule has 4 aromatic heterocycles. The van der Waals surface area contributed by atoms with Crippen LogP contribution >= 0.6 is 0 Å². The number of furan rings is 1. The molecule has 4 rings (SSSR count). The Bertz CT molecular complexity index is 1670. The molecule has 14 nitrogen and oxygen atoms in total. The molecule has 1 amide bonds.